The summed E-state index contributed by atoms with van der Waals surface area (Å²) in [6.45, 7) is 1.72. The van der Waals surface area contributed by atoms with Crippen LogP contribution in [0, 0.1) is 5.92 Å². The second-order valence-electron chi connectivity index (χ2n) is 5.71. The van der Waals surface area contributed by atoms with Crippen LogP contribution in [0.15, 0.2) is 18.2 Å². The smallest absolute Gasteiger partial charge is 0.342 e. The Morgan fingerprint density at radius 3 is 2.68 bits per heavy atom. The van der Waals surface area contributed by atoms with Crippen molar-refractivity contribution in [3.63, 3.8) is 0 Å². The van der Waals surface area contributed by atoms with Gasteiger partial charge in [0.25, 0.3) is 5.91 Å². The minimum Gasteiger partial charge on any atom is -0.508 e. The Labute approximate surface area is 129 Å². The zero-order valence-corrected chi connectivity index (χ0v) is 12.5. The van der Waals surface area contributed by atoms with Crippen LogP contribution < -0.4 is 5.32 Å². The molecular formula is C16H21NO5. The number of hydrogen-bond acceptors (Lipinski definition) is 5. The van der Waals surface area contributed by atoms with Crippen LogP contribution in [-0.4, -0.2) is 34.7 Å². The molecule has 1 saturated carbocycles. The lowest BCUT2D eigenvalue weighted by atomic mass is 9.86. The number of aromatic hydroxyl groups is 2. The molecule has 1 aliphatic carbocycles. The fourth-order valence-corrected chi connectivity index (χ4v) is 2.68. The summed E-state index contributed by atoms with van der Waals surface area (Å²) < 4.78 is 4.89. The Bertz CT molecular complexity index is 557. The predicted octanol–water partition coefficient (Wildman–Crippen LogP) is 1.95. The van der Waals surface area contributed by atoms with E-state index in [2.05, 4.69) is 12.2 Å². The van der Waals surface area contributed by atoms with E-state index in [1.807, 2.05) is 0 Å². The molecule has 1 amide bonds. The van der Waals surface area contributed by atoms with E-state index >= 15 is 0 Å². The van der Waals surface area contributed by atoms with Crippen LogP contribution in [0.3, 0.4) is 0 Å². The first-order valence-electron chi connectivity index (χ1n) is 7.46. The quantitative estimate of drug-likeness (QED) is 0.739. The Morgan fingerprint density at radius 2 is 2.00 bits per heavy atom. The molecule has 1 fully saturated rings. The number of amides is 1. The van der Waals surface area contributed by atoms with Crippen LogP contribution >= 0.6 is 0 Å². The van der Waals surface area contributed by atoms with Gasteiger partial charge in [0, 0.05) is 12.1 Å². The fraction of sp³-hybridized carbons (Fsp3) is 0.500. The average molecular weight is 307 g/mol. The molecule has 3 N–H and O–H groups in total. The molecule has 0 aliphatic heterocycles. The number of carbonyl (C=O) groups is 2. The van der Waals surface area contributed by atoms with Gasteiger partial charge in [-0.25, -0.2) is 4.79 Å². The Hall–Kier alpha value is -2.24. The number of nitrogens with one attached hydrogen (secondary N) is 1. The van der Waals surface area contributed by atoms with Gasteiger partial charge in [0.15, 0.2) is 6.61 Å². The molecule has 2 atom stereocenters. The SMILES string of the molecule is C[C@H]1CCCC[C@H]1NC(=O)COC(=O)c1ccc(O)cc1O. The number of hydrogen-bond donors (Lipinski definition) is 3. The molecule has 0 aromatic heterocycles. The highest BCUT2D eigenvalue weighted by molar-refractivity contribution is 5.94. The summed E-state index contributed by atoms with van der Waals surface area (Å²) in [5.41, 5.74) is -0.0864. The molecule has 0 radical (unpaired) electrons. The zero-order chi connectivity index (χ0) is 16.1. The normalized spacial score (nSPS) is 21.1. The predicted molar refractivity (Wildman–Crippen MR) is 79.6 cm³/mol. The first kappa shape index (κ1) is 16.1. The number of benzene rings is 1. The van der Waals surface area contributed by atoms with Crippen molar-refractivity contribution >= 4 is 11.9 Å². The maximum atomic E-state index is 11.8. The van der Waals surface area contributed by atoms with Crippen LogP contribution in [0.2, 0.25) is 0 Å². The minimum absolute atomic E-state index is 0.0864. The Kier molecular flexibility index (Phi) is 5.25. The lowest BCUT2D eigenvalue weighted by molar-refractivity contribution is -0.125. The maximum absolute atomic E-state index is 11.8. The molecule has 0 bridgehead atoms. The molecule has 120 valence electrons. The Morgan fingerprint density at radius 1 is 1.27 bits per heavy atom. The molecule has 1 aromatic rings. The lowest BCUT2D eigenvalue weighted by Gasteiger charge is -2.29. The highest BCUT2D eigenvalue weighted by atomic mass is 16.5. The second-order valence-corrected chi connectivity index (χ2v) is 5.71. The van der Waals surface area contributed by atoms with Crippen LogP contribution in [0.1, 0.15) is 43.0 Å². The second kappa shape index (κ2) is 7.15. The zero-order valence-electron chi connectivity index (χ0n) is 12.5. The molecule has 6 heteroatoms. The van der Waals surface area contributed by atoms with Crippen molar-refractivity contribution in [1.82, 2.24) is 5.32 Å². The van der Waals surface area contributed by atoms with E-state index < -0.39 is 5.97 Å². The van der Waals surface area contributed by atoms with Crippen LogP contribution in [0.4, 0.5) is 0 Å². The molecule has 0 spiro atoms. The van der Waals surface area contributed by atoms with Gasteiger partial charge in [0.05, 0.1) is 0 Å². The van der Waals surface area contributed by atoms with E-state index in [1.165, 1.54) is 18.6 Å². The molecule has 2 rings (SSSR count). The van der Waals surface area contributed by atoms with Crippen LogP contribution in [0.25, 0.3) is 0 Å². The summed E-state index contributed by atoms with van der Waals surface area (Å²) in [5, 5.41) is 21.6. The summed E-state index contributed by atoms with van der Waals surface area (Å²) >= 11 is 0. The molecule has 22 heavy (non-hydrogen) atoms. The summed E-state index contributed by atoms with van der Waals surface area (Å²) in [5.74, 6) is -1.26. The molecule has 0 heterocycles. The first-order chi connectivity index (χ1) is 10.5. The highest BCUT2D eigenvalue weighted by Crippen LogP contribution is 2.24. The summed E-state index contributed by atoms with van der Waals surface area (Å²) in [6, 6.07) is 3.68. The first-order valence-corrected chi connectivity index (χ1v) is 7.46. The van der Waals surface area contributed by atoms with Gasteiger partial charge in [-0.2, -0.15) is 0 Å². The Balaban J connectivity index is 1.84. The van der Waals surface area contributed by atoms with E-state index in [9.17, 15) is 14.7 Å². The van der Waals surface area contributed by atoms with Crippen molar-refractivity contribution in [3.8, 4) is 11.5 Å². The lowest BCUT2D eigenvalue weighted by Crippen LogP contribution is -2.42. The molecule has 0 unspecified atom stereocenters. The molecule has 1 aliphatic rings. The van der Waals surface area contributed by atoms with E-state index in [1.54, 1.807) is 0 Å². The number of rotatable bonds is 4. The summed E-state index contributed by atoms with van der Waals surface area (Å²) in [7, 11) is 0. The summed E-state index contributed by atoms with van der Waals surface area (Å²) in [6.07, 6.45) is 4.31. The van der Waals surface area contributed by atoms with Crippen molar-refractivity contribution in [2.75, 3.05) is 6.61 Å². The molecule has 6 nitrogen and oxygen atoms in total. The number of phenolic OH excluding ortho intramolecular Hbond substituents is 2. The molecule has 0 saturated heterocycles. The van der Waals surface area contributed by atoms with E-state index in [0.717, 1.165) is 25.3 Å². The van der Waals surface area contributed by atoms with Crippen molar-refractivity contribution in [2.24, 2.45) is 5.92 Å². The third-order valence-corrected chi connectivity index (χ3v) is 3.99. The summed E-state index contributed by atoms with van der Waals surface area (Å²) in [4.78, 5) is 23.6. The third-order valence-electron chi connectivity index (χ3n) is 3.99. The van der Waals surface area contributed by atoms with Crippen molar-refractivity contribution in [2.45, 2.75) is 38.6 Å². The minimum atomic E-state index is -0.802. The monoisotopic (exact) mass is 307 g/mol. The third kappa shape index (κ3) is 4.13. The van der Waals surface area contributed by atoms with Gasteiger partial charge in [-0.3, -0.25) is 4.79 Å². The van der Waals surface area contributed by atoms with E-state index in [-0.39, 0.29) is 35.6 Å². The van der Waals surface area contributed by atoms with Crippen molar-refractivity contribution in [1.29, 1.82) is 0 Å². The fourth-order valence-electron chi connectivity index (χ4n) is 2.68. The topological polar surface area (TPSA) is 95.9 Å². The van der Waals surface area contributed by atoms with Gasteiger partial charge in [-0.1, -0.05) is 19.8 Å². The maximum Gasteiger partial charge on any atom is 0.342 e. The van der Waals surface area contributed by atoms with Gasteiger partial charge < -0.3 is 20.3 Å². The largest absolute Gasteiger partial charge is 0.508 e. The van der Waals surface area contributed by atoms with Crippen molar-refractivity contribution < 1.29 is 24.5 Å². The van der Waals surface area contributed by atoms with Gasteiger partial charge in [-0.15, -0.1) is 0 Å². The standard InChI is InChI=1S/C16H21NO5/c1-10-4-2-3-5-13(10)17-15(20)9-22-16(21)12-7-6-11(18)8-14(12)19/h6-8,10,13,18-19H,2-5,9H2,1H3,(H,17,20)/t10-,13+/m0/s1. The van der Waals surface area contributed by atoms with Gasteiger partial charge in [-0.05, 0) is 30.9 Å². The number of ether oxygens (including phenoxy) is 1. The number of phenols is 2. The van der Waals surface area contributed by atoms with Crippen molar-refractivity contribution in [3.05, 3.63) is 23.8 Å². The molecular weight excluding hydrogens is 286 g/mol. The molecule has 1 aromatic carbocycles. The van der Waals surface area contributed by atoms with Gasteiger partial charge >= 0.3 is 5.97 Å². The van der Waals surface area contributed by atoms with Gasteiger partial charge in [0.2, 0.25) is 0 Å². The van der Waals surface area contributed by atoms with E-state index in [4.69, 9.17) is 9.84 Å². The average Bonchev–Trinajstić information content (AvgIpc) is 2.47. The highest BCUT2D eigenvalue weighted by Gasteiger charge is 2.23. The number of carbonyl (C=O) groups excluding carboxylic acids is 2. The van der Waals surface area contributed by atoms with Gasteiger partial charge in [0.1, 0.15) is 17.1 Å². The van der Waals surface area contributed by atoms with E-state index in [0.29, 0.717) is 5.92 Å². The van der Waals surface area contributed by atoms with Crippen LogP contribution in [0.5, 0.6) is 11.5 Å². The van der Waals surface area contributed by atoms with Crippen LogP contribution in [-0.2, 0) is 9.53 Å². The number of esters is 1.